The molecule has 1 N–H and O–H groups in total. The van der Waals surface area contributed by atoms with Crippen LogP contribution in [0.1, 0.15) is 61.6 Å². The Labute approximate surface area is 181 Å². The number of H-pyrrole nitrogens is 1. The Morgan fingerprint density at radius 2 is 1.97 bits per heavy atom. The maximum atomic E-state index is 13.6. The van der Waals surface area contributed by atoms with Crippen molar-refractivity contribution in [3.63, 3.8) is 0 Å². The molecule has 0 spiro atoms. The smallest absolute Gasteiger partial charge is 0.435 e. The van der Waals surface area contributed by atoms with Crippen LogP contribution in [0.5, 0.6) is 0 Å². The van der Waals surface area contributed by atoms with E-state index in [1.165, 1.54) is 4.68 Å². The van der Waals surface area contributed by atoms with Crippen LogP contribution in [0.25, 0.3) is 10.9 Å². The summed E-state index contributed by atoms with van der Waals surface area (Å²) in [6, 6.07) is 8.22. The molecule has 1 amide bonds. The Bertz CT molecular complexity index is 1150. The van der Waals surface area contributed by atoms with Gasteiger partial charge in [0.2, 0.25) is 0 Å². The van der Waals surface area contributed by atoms with Gasteiger partial charge in [-0.15, -0.1) is 0 Å². The average Bonchev–Trinajstić information content (AvgIpc) is 3.25. The number of hydrogen-bond donors (Lipinski definition) is 1. The van der Waals surface area contributed by atoms with Crippen LogP contribution < -0.4 is 0 Å². The molecule has 0 saturated heterocycles. The summed E-state index contributed by atoms with van der Waals surface area (Å²) in [5.74, 6) is 0.0979. The van der Waals surface area contributed by atoms with E-state index in [2.05, 4.69) is 15.0 Å². The minimum absolute atomic E-state index is 0.0979. The molecule has 2 heterocycles. The molecule has 1 atom stereocenters. The first-order valence-electron chi connectivity index (χ1n) is 11.0. The number of amides is 1. The van der Waals surface area contributed by atoms with Gasteiger partial charge in [0.05, 0.1) is 5.69 Å². The SMILES string of the molecule is CC(C)(C)OC(=O)n1cc2c(n1)CCC(N(C(=O)c1cccc3[nH]ccc13)C1CC1)C2. The lowest BCUT2D eigenvalue weighted by atomic mass is 9.91. The van der Waals surface area contributed by atoms with E-state index >= 15 is 0 Å². The van der Waals surface area contributed by atoms with Gasteiger partial charge in [-0.25, -0.2) is 4.79 Å². The number of hydrogen-bond acceptors (Lipinski definition) is 4. The van der Waals surface area contributed by atoms with Crippen LogP contribution >= 0.6 is 0 Å². The molecule has 1 saturated carbocycles. The third-order valence-corrected chi connectivity index (χ3v) is 6.02. The number of rotatable bonds is 3. The van der Waals surface area contributed by atoms with Crippen molar-refractivity contribution in [1.29, 1.82) is 0 Å². The molecule has 0 radical (unpaired) electrons. The summed E-state index contributed by atoms with van der Waals surface area (Å²) < 4.78 is 6.76. The van der Waals surface area contributed by atoms with Gasteiger partial charge >= 0.3 is 6.09 Å². The number of ether oxygens (including phenoxy) is 1. The number of carbonyl (C=O) groups excluding carboxylic acids is 2. The van der Waals surface area contributed by atoms with Crippen LogP contribution in [0.15, 0.2) is 36.7 Å². The van der Waals surface area contributed by atoms with E-state index in [9.17, 15) is 9.59 Å². The Hall–Kier alpha value is -3.09. The molecule has 2 aliphatic carbocycles. The van der Waals surface area contributed by atoms with E-state index < -0.39 is 11.7 Å². The number of fused-ring (bicyclic) bond motifs is 2. The summed E-state index contributed by atoms with van der Waals surface area (Å²) in [6.45, 7) is 5.53. The van der Waals surface area contributed by atoms with Gasteiger partial charge in [-0.05, 0) is 76.6 Å². The monoisotopic (exact) mass is 420 g/mol. The van der Waals surface area contributed by atoms with Crippen LogP contribution in [0, 0.1) is 0 Å². The fraction of sp³-hybridized carbons (Fsp3) is 0.458. The number of benzene rings is 1. The molecular weight excluding hydrogens is 392 g/mol. The first-order chi connectivity index (χ1) is 14.8. The lowest BCUT2D eigenvalue weighted by Crippen LogP contribution is -2.44. The molecule has 1 fully saturated rings. The zero-order chi connectivity index (χ0) is 21.8. The van der Waals surface area contributed by atoms with Gasteiger partial charge in [-0.3, -0.25) is 4.79 Å². The second-order valence-electron chi connectivity index (χ2n) is 9.61. The molecule has 2 aliphatic rings. The molecule has 7 heteroatoms. The standard InChI is InChI=1S/C24H28N4O3/c1-24(2,3)31-23(30)27-14-15-13-17(9-10-20(15)26-27)28(16-7-8-16)22(29)19-5-4-6-21-18(19)11-12-25-21/h4-6,11-12,14,16-17,25H,7-10,13H2,1-3H3. The van der Waals surface area contributed by atoms with Crippen LogP contribution in [0.4, 0.5) is 4.79 Å². The molecule has 1 aromatic carbocycles. The van der Waals surface area contributed by atoms with Gasteiger partial charge < -0.3 is 14.6 Å². The highest BCUT2D eigenvalue weighted by molar-refractivity contribution is 6.06. The molecule has 0 bridgehead atoms. The number of aryl methyl sites for hydroxylation is 1. The third kappa shape index (κ3) is 3.84. The normalized spacial score (nSPS) is 18.6. The zero-order valence-corrected chi connectivity index (χ0v) is 18.2. The molecule has 2 aromatic heterocycles. The van der Waals surface area contributed by atoms with E-state index in [0.29, 0.717) is 12.5 Å². The summed E-state index contributed by atoms with van der Waals surface area (Å²) in [5.41, 5.74) is 3.12. The van der Waals surface area contributed by atoms with Crippen molar-refractivity contribution in [3.8, 4) is 0 Å². The first-order valence-corrected chi connectivity index (χ1v) is 11.0. The Morgan fingerprint density at radius 3 is 2.71 bits per heavy atom. The fourth-order valence-corrected chi connectivity index (χ4v) is 4.52. The highest BCUT2D eigenvalue weighted by Crippen LogP contribution is 2.35. The Kier molecular flexibility index (Phi) is 4.64. The summed E-state index contributed by atoms with van der Waals surface area (Å²) in [6.07, 6.45) is 7.60. The van der Waals surface area contributed by atoms with Crippen molar-refractivity contribution in [2.75, 3.05) is 0 Å². The predicted octanol–water partition coefficient (Wildman–Crippen LogP) is 4.31. The molecule has 3 aromatic rings. The zero-order valence-electron chi connectivity index (χ0n) is 18.2. The molecule has 7 nitrogen and oxygen atoms in total. The van der Waals surface area contributed by atoms with E-state index in [4.69, 9.17) is 4.74 Å². The summed E-state index contributed by atoms with van der Waals surface area (Å²) in [7, 11) is 0. The maximum absolute atomic E-state index is 13.6. The largest absolute Gasteiger partial charge is 0.442 e. The predicted molar refractivity (Wildman–Crippen MR) is 117 cm³/mol. The summed E-state index contributed by atoms with van der Waals surface area (Å²) in [4.78, 5) is 31.3. The number of carbonyl (C=O) groups is 2. The number of nitrogens with one attached hydrogen (secondary N) is 1. The van der Waals surface area contributed by atoms with Gasteiger partial charge in [0, 0.05) is 40.9 Å². The van der Waals surface area contributed by atoms with E-state index in [0.717, 1.165) is 53.4 Å². The second kappa shape index (κ2) is 7.25. The van der Waals surface area contributed by atoms with E-state index in [1.54, 1.807) is 6.20 Å². The van der Waals surface area contributed by atoms with Crippen molar-refractivity contribution < 1.29 is 14.3 Å². The third-order valence-electron chi connectivity index (χ3n) is 6.02. The second-order valence-corrected chi connectivity index (χ2v) is 9.61. The topological polar surface area (TPSA) is 80.2 Å². The molecule has 5 rings (SSSR count). The van der Waals surface area contributed by atoms with E-state index in [-0.39, 0.29) is 11.9 Å². The van der Waals surface area contributed by atoms with Crippen LogP contribution in [-0.4, -0.2) is 49.3 Å². The Balaban J connectivity index is 1.39. The molecule has 1 unspecified atom stereocenters. The van der Waals surface area contributed by atoms with Gasteiger partial charge in [0.25, 0.3) is 5.91 Å². The highest BCUT2D eigenvalue weighted by Gasteiger charge is 2.40. The van der Waals surface area contributed by atoms with Gasteiger partial charge in [0.1, 0.15) is 5.60 Å². The molecule has 0 aliphatic heterocycles. The van der Waals surface area contributed by atoms with Crippen molar-refractivity contribution in [2.45, 2.75) is 70.6 Å². The van der Waals surface area contributed by atoms with Crippen molar-refractivity contribution in [2.24, 2.45) is 0 Å². The van der Waals surface area contributed by atoms with Gasteiger partial charge in [0.15, 0.2) is 0 Å². The van der Waals surface area contributed by atoms with Crippen LogP contribution in [0.2, 0.25) is 0 Å². The Morgan fingerprint density at radius 1 is 1.16 bits per heavy atom. The average molecular weight is 421 g/mol. The maximum Gasteiger partial charge on any atom is 0.435 e. The first kappa shape index (κ1) is 19.8. The van der Waals surface area contributed by atoms with Gasteiger partial charge in [-0.1, -0.05) is 6.07 Å². The van der Waals surface area contributed by atoms with Crippen LogP contribution in [0.3, 0.4) is 0 Å². The molecular formula is C24H28N4O3. The minimum atomic E-state index is -0.569. The van der Waals surface area contributed by atoms with Gasteiger partial charge in [-0.2, -0.15) is 9.78 Å². The van der Waals surface area contributed by atoms with Crippen LogP contribution in [-0.2, 0) is 17.6 Å². The van der Waals surface area contributed by atoms with E-state index in [1.807, 2.05) is 51.2 Å². The van der Waals surface area contributed by atoms with Crippen molar-refractivity contribution in [3.05, 3.63) is 53.5 Å². The molecule has 31 heavy (non-hydrogen) atoms. The molecule has 162 valence electrons. The quantitative estimate of drug-likeness (QED) is 0.685. The highest BCUT2D eigenvalue weighted by atomic mass is 16.6. The summed E-state index contributed by atoms with van der Waals surface area (Å²) in [5, 5.41) is 5.43. The lowest BCUT2D eigenvalue weighted by Gasteiger charge is -2.34. The number of aromatic amines is 1. The fourth-order valence-electron chi connectivity index (χ4n) is 4.52. The number of nitrogens with zero attached hydrogens (tertiary/aromatic N) is 3. The summed E-state index contributed by atoms with van der Waals surface area (Å²) >= 11 is 0. The lowest BCUT2D eigenvalue weighted by molar-refractivity contribution is 0.0513. The minimum Gasteiger partial charge on any atom is -0.442 e. The van der Waals surface area contributed by atoms with Crippen molar-refractivity contribution in [1.82, 2.24) is 19.7 Å². The van der Waals surface area contributed by atoms with Crippen molar-refractivity contribution >= 4 is 22.9 Å². The number of aromatic nitrogens is 3.